The van der Waals surface area contributed by atoms with Crippen molar-refractivity contribution in [3.05, 3.63) is 4.43 Å². The van der Waals surface area contributed by atoms with E-state index in [-0.39, 0.29) is 19.5 Å². The molecule has 34 valence electrons. The van der Waals surface area contributed by atoms with Crippen LogP contribution in [0, 0.1) is 10.3 Å². The van der Waals surface area contributed by atoms with E-state index in [9.17, 15) is 0 Å². The Labute approximate surface area is 66.0 Å². The molecule has 0 unspecified atom stereocenters. The van der Waals surface area contributed by atoms with Gasteiger partial charge < -0.3 is 22.6 Å². The number of halogens is 1. The van der Waals surface area contributed by atoms with Gasteiger partial charge in [0.2, 0.25) is 0 Å². The van der Waals surface area contributed by atoms with Crippen molar-refractivity contribution in [3.63, 3.8) is 0 Å². The molecule has 0 saturated heterocycles. The second kappa shape index (κ2) is 6.35. The average molecular weight is 248 g/mol. The monoisotopic (exact) mass is 247 g/mol. The van der Waals surface area contributed by atoms with Gasteiger partial charge in [0.05, 0.1) is 0 Å². The molecule has 0 aliphatic rings. The van der Waals surface area contributed by atoms with E-state index < -0.39 is 0 Å². The van der Waals surface area contributed by atoms with Gasteiger partial charge in [-0.2, -0.15) is 5.92 Å². The Morgan fingerprint density at radius 1 is 1.50 bits per heavy atom. The van der Waals surface area contributed by atoms with Crippen LogP contribution in [0.15, 0.2) is 0 Å². The first-order valence-corrected chi connectivity index (χ1v) is 2.95. The third-order valence-electron chi connectivity index (χ3n) is 0.252. The van der Waals surface area contributed by atoms with Gasteiger partial charge in [-0.3, -0.25) is 4.43 Å². The van der Waals surface area contributed by atoms with Gasteiger partial charge >= 0.3 is 0 Å². The summed E-state index contributed by atoms with van der Waals surface area (Å²) in [5, 5.41) is 0. The fourth-order valence-corrected chi connectivity index (χ4v) is 0. The van der Waals surface area contributed by atoms with E-state index >= 15 is 0 Å². The largest absolute Gasteiger partial charge is 0.315 e. The van der Waals surface area contributed by atoms with E-state index in [0.29, 0.717) is 0 Å². The molecule has 0 bridgehead atoms. The summed E-state index contributed by atoms with van der Waals surface area (Å²) in [6.07, 6.45) is 0. The summed E-state index contributed by atoms with van der Waals surface area (Å²) in [7, 11) is 0. The molecule has 6 heavy (non-hydrogen) atoms. The predicted molar refractivity (Wildman–Crippen MR) is 33.2 cm³/mol. The minimum absolute atomic E-state index is 0. The van der Waals surface area contributed by atoms with Crippen LogP contribution >= 0.6 is 22.6 Å². The van der Waals surface area contributed by atoms with E-state index in [0.717, 1.165) is 5.92 Å². The summed E-state index contributed by atoms with van der Waals surface area (Å²) >= 11 is 2.25. The van der Waals surface area contributed by atoms with Crippen LogP contribution in [0.1, 0.15) is 13.8 Å². The zero-order valence-electron chi connectivity index (χ0n) is 4.24. The van der Waals surface area contributed by atoms with Crippen LogP contribution in [0.2, 0.25) is 0 Å². The van der Waals surface area contributed by atoms with Gasteiger partial charge in [0.25, 0.3) is 0 Å². The third kappa shape index (κ3) is 9.02. The van der Waals surface area contributed by atoms with E-state index in [2.05, 4.69) is 40.9 Å². The maximum atomic E-state index is 2.25. The maximum Gasteiger partial charge on any atom is 0 e. The van der Waals surface area contributed by atoms with E-state index in [1.54, 1.807) is 0 Å². The number of rotatable bonds is 1. The van der Waals surface area contributed by atoms with Crippen LogP contribution in [-0.2, 0) is 19.5 Å². The van der Waals surface area contributed by atoms with Gasteiger partial charge in [-0.15, -0.1) is 0 Å². The molecule has 0 rings (SSSR count). The van der Waals surface area contributed by atoms with Crippen molar-refractivity contribution in [1.82, 2.24) is 0 Å². The Bertz CT molecular complexity index is 21.5. The zero-order chi connectivity index (χ0) is 4.28. The molecule has 0 saturated carbocycles. The molecule has 0 aliphatic carbocycles. The van der Waals surface area contributed by atoms with Crippen LogP contribution < -0.4 is 0 Å². The minimum Gasteiger partial charge on any atom is -0.315 e. The van der Waals surface area contributed by atoms with Crippen molar-refractivity contribution in [1.29, 1.82) is 0 Å². The fourth-order valence-electron chi connectivity index (χ4n) is 0. The number of hydrogen-bond donors (Lipinski definition) is 0. The molecule has 0 spiro atoms. The fraction of sp³-hybridized carbons (Fsp3) is 0.750. The maximum absolute atomic E-state index is 2.25. The number of hydrogen-bond acceptors (Lipinski definition) is 0. The second-order valence-corrected chi connectivity index (χ2v) is 2.09. The summed E-state index contributed by atoms with van der Waals surface area (Å²) < 4.78 is 2.14. The van der Waals surface area contributed by atoms with Crippen LogP contribution in [-0.4, -0.2) is 0 Å². The van der Waals surface area contributed by atoms with Crippen molar-refractivity contribution >= 4 is 22.6 Å². The normalized spacial score (nSPS) is 8.00. The zero-order valence-corrected chi connectivity index (χ0v) is 9.36. The summed E-state index contributed by atoms with van der Waals surface area (Å²) in [4.78, 5) is 0. The Balaban J connectivity index is 0. The molecular weight excluding hydrogens is 240 g/mol. The van der Waals surface area contributed by atoms with Crippen LogP contribution in [0.3, 0.4) is 0 Å². The van der Waals surface area contributed by atoms with Gasteiger partial charge in [0, 0.05) is 19.5 Å². The standard InChI is InChI=1S/C4H8I.Zn/c1-4(2)3-5;/h3-4H,1-2H3;/q-1;. The van der Waals surface area contributed by atoms with E-state index in [1.807, 2.05) is 0 Å². The van der Waals surface area contributed by atoms with Crippen molar-refractivity contribution in [2.45, 2.75) is 13.8 Å². The second-order valence-electron chi connectivity index (χ2n) is 1.37. The Hall–Kier alpha value is 1.35. The molecule has 0 aliphatic heterocycles. The molecule has 0 fully saturated rings. The molecule has 0 radical (unpaired) electrons. The van der Waals surface area contributed by atoms with Gasteiger partial charge in [0.1, 0.15) is 0 Å². The molecule has 0 aromatic carbocycles. The SMILES string of the molecule is CC(C)[CH-]I.[Zn]. The first-order valence-electron chi connectivity index (χ1n) is 1.71. The first-order chi connectivity index (χ1) is 2.27. The summed E-state index contributed by atoms with van der Waals surface area (Å²) in [6.45, 7) is 4.32. The Morgan fingerprint density at radius 2 is 1.67 bits per heavy atom. The average Bonchev–Trinajstić information content (AvgIpc) is 1.38. The molecule has 0 N–H and O–H groups in total. The summed E-state index contributed by atoms with van der Waals surface area (Å²) in [5.74, 6) is 0.746. The quantitative estimate of drug-likeness (QED) is 0.379. The molecule has 0 atom stereocenters. The smallest absolute Gasteiger partial charge is 0 e. The minimum atomic E-state index is 0. The van der Waals surface area contributed by atoms with Crippen LogP contribution in [0.25, 0.3) is 0 Å². The molecule has 0 heterocycles. The summed E-state index contributed by atoms with van der Waals surface area (Å²) in [6, 6.07) is 0. The van der Waals surface area contributed by atoms with Crippen molar-refractivity contribution < 1.29 is 19.5 Å². The van der Waals surface area contributed by atoms with Gasteiger partial charge in [0.15, 0.2) is 0 Å². The predicted octanol–water partition coefficient (Wildman–Crippen LogP) is 2.24. The van der Waals surface area contributed by atoms with E-state index in [1.165, 1.54) is 0 Å². The topological polar surface area (TPSA) is 0 Å². The van der Waals surface area contributed by atoms with Crippen molar-refractivity contribution in [3.8, 4) is 0 Å². The Morgan fingerprint density at radius 3 is 1.67 bits per heavy atom. The molecule has 0 amide bonds. The molecule has 0 aromatic heterocycles. The third-order valence-corrected chi connectivity index (χ3v) is 1.69. The van der Waals surface area contributed by atoms with Crippen molar-refractivity contribution in [2.75, 3.05) is 0 Å². The van der Waals surface area contributed by atoms with Gasteiger partial charge in [-0.1, -0.05) is 13.8 Å². The van der Waals surface area contributed by atoms with Gasteiger partial charge in [-0.05, 0) is 0 Å². The molecule has 2 heteroatoms. The van der Waals surface area contributed by atoms with Crippen molar-refractivity contribution in [2.24, 2.45) is 5.92 Å². The first kappa shape index (κ1) is 10.4. The summed E-state index contributed by atoms with van der Waals surface area (Å²) in [5.41, 5.74) is 0. The van der Waals surface area contributed by atoms with Crippen LogP contribution in [0.4, 0.5) is 0 Å². The molecular formula is C4H8IZn-. The Kier molecular flexibility index (Phi) is 11.0. The van der Waals surface area contributed by atoms with Gasteiger partial charge in [-0.25, -0.2) is 0 Å². The molecule has 0 nitrogen and oxygen atoms in total. The van der Waals surface area contributed by atoms with E-state index in [4.69, 9.17) is 0 Å². The molecule has 0 aromatic rings. The van der Waals surface area contributed by atoms with Crippen LogP contribution in [0.5, 0.6) is 0 Å².